The minimum absolute atomic E-state index is 0.0499. The highest BCUT2D eigenvalue weighted by Gasteiger charge is 2.53. The number of aliphatic hydroxyl groups is 1. The monoisotopic (exact) mass is 340 g/mol. The summed E-state index contributed by atoms with van der Waals surface area (Å²) in [6.07, 6.45) is 1.83. The molecule has 7 nitrogen and oxygen atoms in total. The number of aromatic hydroxyl groups is 1. The molecule has 0 saturated heterocycles. The Morgan fingerprint density at radius 2 is 2.12 bits per heavy atom. The molecule has 0 bridgehead atoms. The first-order valence-electron chi connectivity index (χ1n) is 7.57. The lowest BCUT2D eigenvalue weighted by molar-refractivity contribution is -0.109. The van der Waals surface area contributed by atoms with E-state index in [1.165, 1.54) is 31.6 Å². The molecule has 2 N–H and O–H groups in total. The zero-order valence-corrected chi connectivity index (χ0v) is 13.0. The molecule has 7 heteroatoms. The van der Waals surface area contributed by atoms with Crippen LogP contribution in [0.4, 0.5) is 0 Å². The highest BCUT2D eigenvalue weighted by molar-refractivity contribution is 5.98. The van der Waals surface area contributed by atoms with Crippen LogP contribution in [-0.4, -0.2) is 23.6 Å². The summed E-state index contributed by atoms with van der Waals surface area (Å²) in [5.41, 5.74) is -1.39. The molecule has 3 heterocycles. The molecule has 0 fully saturated rings. The second-order valence-electron chi connectivity index (χ2n) is 5.95. The minimum Gasteiger partial charge on any atom is -0.507 e. The molecule has 2 atom stereocenters. The van der Waals surface area contributed by atoms with Crippen molar-refractivity contribution < 1.29 is 28.8 Å². The predicted molar refractivity (Wildman–Crippen MR) is 86.7 cm³/mol. The zero-order valence-electron chi connectivity index (χ0n) is 13.0. The molecule has 5 rings (SSSR count). The van der Waals surface area contributed by atoms with Crippen LogP contribution in [-0.2, 0) is 10.3 Å². The Bertz CT molecular complexity index is 1140. The molecular weight excluding hydrogens is 328 g/mol. The van der Waals surface area contributed by atoms with Crippen LogP contribution in [0.5, 0.6) is 17.2 Å². The van der Waals surface area contributed by atoms with Crippen LogP contribution in [0.3, 0.4) is 0 Å². The van der Waals surface area contributed by atoms with Crippen molar-refractivity contribution in [2.75, 3.05) is 7.11 Å². The van der Waals surface area contributed by atoms with Crippen LogP contribution >= 0.6 is 0 Å². The third-order valence-corrected chi connectivity index (χ3v) is 4.62. The van der Waals surface area contributed by atoms with Crippen LogP contribution < -0.4 is 14.9 Å². The number of methoxy groups -OCH3 is 1. The number of benzene rings is 2. The molecule has 0 amide bonds. The number of phenols is 1. The largest absolute Gasteiger partial charge is 0.507 e. The van der Waals surface area contributed by atoms with Crippen LogP contribution in [0.25, 0.3) is 21.9 Å². The van der Waals surface area contributed by atoms with Crippen LogP contribution in [0, 0.1) is 0 Å². The third-order valence-electron chi connectivity index (χ3n) is 4.62. The fourth-order valence-corrected chi connectivity index (χ4v) is 3.46. The summed E-state index contributed by atoms with van der Waals surface area (Å²) in [5, 5.41) is 21.2. The van der Waals surface area contributed by atoms with E-state index in [0.29, 0.717) is 11.3 Å². The molecular formula is C18H12O7. The lowest BCUT2D eigenvalue weighted by Gasteiger charge is -2.18. The van der Waals surface area contributed by atoms with E-state index >= 15 is 0 Å². The average molecular weight is 340 g/mol. The Hall–Kier alpha value is -3.19. The second kappa shape index (κ2) is 4.46. The Kier molecular flexibility index (Phi) is 2.53. The topological polar surface area (TPSA) is 98.4 Å². The van der Waals surface area contributed by atoms with Gasteiger partial charge >= 0.3 is 0 Å². The van der Waals surface area contributed by atoms with E-state index in [1.54, 1.807) is 12.1 Å². The zero-order chi connectivity index (χ0) is 17.3. The van der Waals surface area contributed by atoms with Crippen molar-refractivity contribution in [2.45, 2.75) is 11.9 Å². The van der Waals surface area contributed by atoms with Crippen LogP contribution in [0.2, 0.25) is 0 Å². The predicted octanol–water partition coefficient (Wildman–Crippen LogP) is 2.11. The van der Waals surface area contributed by atoms with Gasteiger partial charge in [-0.05, 0) is 18.2 Å². The molecule has 0 saturated carbocycles. The SMILES string of the molecule is COc1cc2c(c3oc4cccc(O)c4c(=O)c13)[C@]1(O)C=CO[C@@H]1O2. The first-order valence-corrected chi connectivity index (χ1v) is 7.57. The van der Waals surface area contributed by atoms with Crippen molar-refractivity contribution in [1.82, 2.24) is 0 Å². The molecule has 0 radical (unpaired) electrons. The first kappa shape index (κ1) is 14.2. The number of hydrogen-bond acceptors (Lipinski definition) is 7. The highest BCUT2D eigenvalue weighted by Crippen LogP contribution is 2.51. The number of rotatable bonds is 1. The molecule has 2 aromatic carbocycles. The van der Waals surface area contributed by atoms with E-state index in [4.69, 9.17) is 18.6 Å². The van der Waals surface area contributed by atoms with Crippen molar-refractivity contribution in [1.29, 1.82) is 0 Å². The van der Waals surface area contributed by atoms with Gasteiger partial charge in [0.1, 0.15) is 33.6 Å². The van der Waals surface area contributed by atoms with Gasteiger partial charge in [-0.15, -0.1) is 0 Å². The Labute approximate surface area is 140 Å². The van der Waals surface area contributed by atoms with Gasteiger partial charge in [0, 0.05) is 6.07 Å². The summed E-state index contributed by atoms with van der Waals surface area (Å²) in [7, 11) is 1.41. The highest BCUT2D eigenvalue weighted by atomic mass is 16.7. The molecule has 3 aromatic rings. The molecule has 25 heavy (non-hydrogen) atoms. The summed E-state index contributed by atoms with van der Waals surface area (Å²) in [5.74, 6) is 0.344. The van der Waals surface area contributed by atoms with Gasteiger partial charge in [0.2, 0.25) is 5.43 Å². The summed E-state index contributed by atoms with van der Waals surface area (Å²) < 4.78 is 22.1. The summed E-state index contributed by atoms with van der Waals surface area (Å²) >= 11 is 0. The lowest BCUT2D eigenvalue weighted by Crippen LogP contribution is -2.33. The van der Waals surface area contributed by atoms with E-state index in [0.717, 1.165) is 0 Å². The second-order valence-corrected chi connectivity index (χ2v) is 5.95. The van der Waals surface area contributed by atoms with Crippen molar-refractivity contribution >= 4 is 21.9 Å². The normalized spacial score (nSPS) is 23.4. The van der Waals surface area contributed by atoms with Crippen molar-refractivity contribution in [3.63, 3.8) is 0 Å². The standard InChI is InChI=1S/C18H12O7/c1-22-10-7-11-14(18(21)5-6-23-17(18)25-11)16-13(10)15(20)12-8(19)3-2-4-9(12)24-16/h2-7,17,19,21H,1H3/t17-,18-/m1/s1. The maximum Gasteiger partial charge on any atom is 0.277 e. The molecule has 2 aliphatic rings. The Morgan fingerprint density at radius 1 is 1.28 bits per heavy atom. The first-order chi connectivity index (χ1) is 12.0. The van der Waals surface area contributed by atoms with E-state index in [9.17, 15) is 15.0 Å². The van der Waals surface area contributed by atoms with Gasteiger partial charge in [0.05, 0.1) is 18.9 Å². The van der Waals surface area contributed by atoms with E-state index < -0.39 is 17.3 Å². The van der Waals surface area contributed by atoms with E-state index in [-0.39, 0.29) is 33.4 Å². The summed E-state index contributed by atoms with van der Waals surface area (Å²) in [6, 6.07) is 6.05. The summed E-state index contributed by atoms with van der Waals surface area (Å²) in [6.45, 7) is 0. The van der Waals surface area contributed by atoms with Gasteiger partial charge < -0.3 is 28.8 Å². The van der Waals surface area contributed by atoms with E-state index in [2.05, 4.69) is 0 Å². The Balaban J connectivity index is 2.02. The smallest absolute Gasteiger partial charge is 0.277 e. The van der Waals surface area contributed by atoms with Crippen molar-refractivity contribution in [2.24, 2.45) is 0 Å². The number of hydrogen-bond donors (Lipinski definition) is 2. The minimum atomic E-state index is -1.57. The average Bonchev–Trinajstić information content (AvgIpc) is 3.07. The fraction of sp³-hybridized carbons (Fsp3) is 0.167. The van der Waals surface area contributed by atoms with Gasteiger partial charge in [0.25, 0.3) is 6.29 Å². The number of ether oxygens (including phenoxy) is 3. The van der Waals surface area contributed by atoms with Gasteiger partial charge in [-0.25, -0.2) is 0 Å². The van der Waals surface area contributed by atoms with Gasteiger partial charge in [-0.2, -0.15) is 0 Å². The maximum absolute atomic E-state index is 13.0. The van der Waals surface area contributed by atoms with Crippen molar-refractivity contribution in [3.8, 4) is 17.2 Å². The molecule has 0 spiro atoms. The number of phenolic OH excluding ortho intramolecular Hbond substituents is 1. The molecule has 126 valence electrons. The van der Waals surface area contributed by atoms with E-state index in [1.807, 2.05) is 0 Å². The lowest BCUT2D eigenvalue weighted by atomic mass is 9.93. The van der Waals surface area contributed by atoms with Gasteiger partial charge in [-0.1, -0.05) is 6.07 Å². The quantitative estimate of drug-likeness (QED) is 0.655. The fourth-order valence-electron chi connectivity index (χ4n) is 3.46. The molecule has 0 unspecified atom stereocenters. The van der Waals surface area contributed by atoms with Crippen LogP contribution in [0.1, 0.15) is 5.56 Å². The summed E-state index contributed by atoms with van der Waals surface area (Å²) in [4.78, 5) is 13.0. The third kappa shape index (κ3) is 1.60. The molecule has 2 aliphatic heterocycles. The van der Waals surface area contributed by atoms with Crippen LogP contribution in [0.15, 0.2) is 45.8 Å². The molecule has 1 aromatic heterocycles. The maximum atomic E-state index is 13.0. The Morgan fingerprint density at radius 3 is 2.92 bits per heavy atom. The van der Waals surface area contributed by atoms with Gasteiger partial charge in [-0.3, -0.25) is 4.79 Å². The van der Waals surface area contributed by atoms with Gasteiger partial charge in [0.15, 0.2) is 11.2 Å². The van der Waals surface area contributed by atoms with Crippen molar-refractivity contribution in [3.05, 3.63) is 52.4 Å². The number of fused-ring (bicyclic) bond motifs is 6. The molecule has 0 aliphatic carbocycles.